The predicted molar refractivity (Wildman–Crippen MR) is 77.8 cm³/mol. The summed E-state index contributed by atoms with van der Waals surface area (Å²) in [6.45, 7) is 3.84. The molecule has 1 aliphatic heterocycles. The van der Waals surface area contributed by atoms with Gasteiger partial charge in [-0.25, -0.2) is 9.97 Å². The van der Waals surface area contributed by atoms with E-state index in [1.54, 1.807) is 12.4 Å². The van der Waals surface area contributed by atoms with Crippen molar-refractivity contribution in [3.8, 4) is 5.75 Å². The van der Waals surface area contributed by atoms with Crippen molar-refractivity contribution in [3.63, 3.8) is 0 Å². The molecule has 0 spiro atoms. The second-order valence-electron chi connectivity index (χ2n) is 4.93. The molecule has 2 heterocycles. The molecule has 0 saturated carbocycles. The number of rotatable bonds is 5. The highest BCUT2D eigenvalue weighted by molar-refractivity contribution is 5.47. The van der Waals surface area contributed by atoms with Gasteiger partial charge in [0.05, 0.1) is 12.6 Å². The Hall–Kier alpha value is -1.94. The van der Waals surface area contributed by atoms with Crippen LogP contribution in [0.2, 0.25) is 0 Å². The molecule has 1 unspecified atom stereocenters. The number of para-hydroxylation sites is 1. The Bertz CT molecular complexity index is 571. The largest absolute Gasteiger partial charge is 0.493 e. The summed E-state index contributed by atoms with van der Waals surface area (Å²) in [6, 6.07) is 8.16. The zero-order valence-electron chi connectivity index (χ0n) is 11.7. The van der Waals surface area contributed by atoms with Gasteiger partial charge in [0.1, 0.15) is 11.6 Å². The third kappa shape index (κ3) is 2.51. The highest BCUT2D eigenvalue weighted by Crippen LogP contribution is 2.35. The van der Waals surface area contributed by atoms with E-state index >= 15 is 0 Å². The maximum absolute atomic E-state index is 5.82. The van der Waals surface area contributed by atoms with Gasteiger partial charge in [0.25, 0.3) is 0 Å². The summed E-state index contributed by atoms with van der Waals surface area (Å²) in [6.07, 6.45) is 5.62. The summed E-state index contributed by atoms with van der Waals surface area (Å²) < 4.78 is 5.82. The van der Waals surface area contributed by atoms with Crippen molar-refractivity contribution in [3.05, 3.63) is 53.6 Å². The third-order valence-corrected chi connectivity index (χ3v) is 3.50. The van der Waals surface area contributed by atoms with Crippen LogP contribution in [0.25, 0.3) is 0 Å². The molecule has 104 valence electrons. The third-order valence-electron chi connectivity index (χ3n) is 3.50. The van der Waals surface area contributed by atoms with Gasteiger partial charge >= 0.3 is 0 Å². The number of nitrogens with one attached hydrogen (secondary N) is 1. The number of hydrogen-bond acceptors (Lipinski definition) is 4. The Kier molecular flexibility index (Phi) is 3.92. The Balaban J connectivity index is 2.00. The molecule has 1 aliphatic rings. The van der Waals surface area contributed by atoms with E-state index in [0.29, 0.717) is 0 Å². The molecule has 0 fully saturated rings. The smallest absolute Gasteiger partial charge is 0.149 e. The Morgan fingerprint density at radius 1 is 1.25 bits per heavy atom. The molecule has 0 saturated heterocycles. The predicted octanol–water partition coefficient (Wildman–Crippen LogP) is 2.50. The lowest BCUT2D eigenvalue weighted by Gasteiger charge is -2.19. The first kappa shape index (κ1) is 13.1. The summed E-state index contributed by atoms with van der Waals surface area (Å²) in [4.78, 5) is 8.81. The van der Waals surface area contributed by atoms with Crippen LogP contribution in [0.3, 0.4) is 0 Å². The molecule has 3 rings (SSSR count). The highest BCUT2D eigenvalue weighted by Gasteiger charge is 2.24. The van der Waals surface area contributed by atoms with E-state index in [9.17, 15) is 0 Å². The van der Waals surface area contributed by atoms with Crippen LogP contribution < -0.4 is 10.1 Å². The van der Waals surface area contributed by atoms with Crippen molar-refractivity contribution in [2.24, 2.45) is 0 Å². The summed E-state index contributed by atoms with van der Waals surface area (Å²) in [5.41, 5.74) is 2.42. The van der Waals surface area contributed by atoms with Crippen molar-refractivity contribution in [1.29, 1.82) is 0 Å². The Morgan fingerprint density at radius 3 is 2.90 bits per heavy atom. The Morgan fingerprint density at radius 2 is 2.10 bits per heavy atom. The lowest BCUT2D eigenvalue weighted by atomic mass is 10.0. The Labute approximate surface area is 119 Å². The first-order valence-electron chi connectivity index (χ1n) is 7.15. The average Bonchev–Trinajstić information content (AvgIpc) is 2.98. The minimum atomic E-state index is -0.0100. The number of hydrogen-bond donors (Lipinski definition) is 1. The number of fused-ring (bicyclic) bond motifs is 1. The molecule has 1 aromatic carbocycles. The lowest BCUT2D eigenvalue weighted by Crippen LogP contribution is -2.25. The quantitative estimate of drug-likeness (QED) is 0.906. The number of nitrogens with zero attached hydrogens (tertiary/aromatic N) is 2. The summed E-state index contributed by atoms with van der Waals surface area (Å²) in [7, 11) is 0. The molecule has 0 amide bonds. The fraction of sp³-hybridized carbons (Fsp3) is 0.375. The molecule has 0 radical (unpaired) electrons. The van der Waals surface area contributed by atoms with Crippen molar-refractivity contribution in [2.45, 2.75) is 25.8 Å². The molecule has 0 bridgehead atoms. The van der Waals surface area contributed by atoms with Gasteiger partial charge < -0.3 is 10.1 Å². The number of benzene rings is 1. The van der Waals surface area contributed by atoms with Crippen LogP contribution in [0.15, 0.2) is 36.7 Å². The van der Waals surface area contributed by atoms with Gasteiger partial charge in [0.15, 0.2) is 0 Å². The molecule has 2 aromatic rings. The molecule has 1 aromatic heterocycles. The van der Waals surface area contributed by atoms with E-state index in [4.69, 9.17) is 4.74 Å². The van der Waals surface area contributed by atoms with Crippen LogP contribution in [0.1, 0.15) is 36.3 Å². The summed E-state index contributed by atoms with van der Waals surface area (Å²) >= 11 is 0. The molecule has 20 heavy (non-hydrogen) atoms. The SMILES string of the molecule is CCCNC(c1ncccn1)c1cccc2c1OCC2. The topological polar surface area (TPSA) is 47.0 Å². The minimum absolute atomic E-state index is 0.0100. The van der Waals surface area contributed by atoms with E-state index in [2.05, 4.69) is 40.4 Å². The highest BCUT2D eigenvalue weighted by atomic mass is 16.5. The van der Waals surface area contributed by atoms with Crippen LogP contribution in [0.4, 0.5) is 0 Å². The minimum Gasteiger partial charge on any atom is -0.493 e. The van der Waals surface area contributed by atoms with Crippen LogP contribution in [-0.4, -0.2) is 23.1 Å². The molecule has 4 heteroatoms. The van der Waals surface area contributed by atoms with Gasteiger partial charge in [-0.15, -0.1) is 0 Å². The van der Waals surface area contributed by atoms with Gasteiger partial charge in [0.2, 0.25) is 0 Å². The van der Waals surface area contributed by atoms with Gasteiger partial charge in [-0.2, -0.15) is 0 Å². The van der Waals surface area contributed by atoms with Crippen LogP contribution in [-0.2, 0) is 6.42 Å². The van der Waals surface area contributed by atoms with Crippen LogP contribution in [0.5, 0.6) is 5.75 Å². The van der Waals surface area contributed by atoms with E-state index in [0.717, 1.165) is 43.1 Å². The second kappa shape index (κ2) is 6.01. The van der Waals surface area contributed by atoms with Gasteiger partial charge in [-0.05, 0) is 24.6 Å². The fourth-order valence-corrected chi connectivity index (χ4v) is 2.56. The molecule has 4 nitrogen and oxygen atoms in total. The van der Waals surface area contributed by atoms with Crippen LogP contribution >= 0.6 is 0 Å². The molecule has 1 N–H and O–H groups in total. The molecular formula is C16H19N3O. The summed E-state index contributed by atoms with van der Waals surface area (Å²) in [5.74, 6) is 1.80. The number of ether oxygens (including phenoxy) is 1. The molecular weight excluding hydrogens is 250 g/mol. The zero-order chi connectivity index (χ0) is 13.8. The first-order chi connectivity index (χ1) is 9.90. The zero-order valence-corrected chi connectivity index (χ0v) is 11.7. The first-order valence-corrected chi connectivity index (χ1v) is 7.15. The van der Waals surface area contributed by atoms with Crippen LogP contribution in [0, 0.1) is 0 Å². The van der Waals surface area contributed by atoms with Crippen molar-refractivity contribution >= 4 is 0 Å². The normalized spacial score (nSPS) is 14.7. The maximum atomic E-state index is 5.82. The van der Waals surface area contributed by atoms with Crippen molar-refractivity contribution in [2.75, 3.05) is 13.2 Å². The van der Waals surface area contributed by atoms with E-state index in [1.807, 2.05) is 6.07 Å². The fourth-order valence-electron chi connectivity index (χ4n) is 2.56. The maximum Gasteiger partial charge on any atom is 0.149 e. The van der Waals surface area contributed by atoms with Gasteiger partial charge in [-0.3, -0.25) is 0 Å². The standard InChI is InChI=1S/C16H19N3O/c1-2-8-17-14(16-18-9-4-10-19-16)13-6-3-5-12-7-11-20-15(12)13/h3-6,9-10,14,17H,2,7-8,11H2,1H3. The lowest BCUT2D eigenvalue weighted by molar-refractivity contribution is 0.350. The van der Waals surface area contributed by atoms with E-state index < -0.39 is 0 Å². The van der Waals surface area contributed by atoms with Crippen molar-refractivity contribution < 1.29 is 4.74 Å². The molecule has 1 atom stereocenters. The van der Waals surface area contributed by atoms with Crippen molar-refractivity contribution in [1.82, 2.24) is 15.3 Å². The summed E-state index contributed by atoms with van der Waals surface area (Å²) in [5, 5.41) is 3.53. The number of aromatic nitrogens is 2. The molecule has 0 aliphatic carbocycles. The second-order valence-corrected chi connectivity index (χ2v) is 4.93. The van der Waals surface area contributed by atoms with E-state index in [-0.39, 0.29) is 6.04 Å². The van der Waals surface area contributed by atoms with Gasteiger partial charge in [0, 0.05) is 24.4 Å². The van der Waals surface area contributed by atoms with E-state index in [1.165, 1.54) is 5.56 Å². The van der Waals surface area contributed by atoms with Gasteiger partial charge in [-0.1, -0.05) is 25.1 Å². The average molecular weight is 269 g/mol. The monoisotopic (exact) mass is 269 g/mol.